The van der Waals surface area contributed by atoms with Crippen LogP contribution in [0.15, 0.2) is 11.6 Å². The lowest BCUT2D eigenvalue weighted by molar-refractivity contribution is -0.142. The number of carbonyl (C=O) groups excluding carboxylic acids is 1. The molecule has 0 aliphatic rings. The summed E-state index contributed by atoms with van der Waals surface area (Å²) in [6, 6.07) is 0. The van der Waals surface area contributed by atoms with Gasteiger partial charge in [0.2, 0.25) is 0 Å². The molecule has 1 aromatic heterocycles. The lowest BCUT2D eigenvalue weighted by atomic mass is 10.7. The van der Waals surface area contributed by atoms with Crippen LogP contribution in [0.2, 0.25) is 0 Å². The molecule has 0 unspecified atom stereocenters. The van der Waals surface area contributed by atoms with Crippen molar-refractivity contribution < 1.29 is 14.3 Å². The summed E-state index contributed by atoms with van der Waals surface area (Å²) >= 11 is 1.33. The summed E-state index contributed by atoms with van der Waals surface area (Å²) < 4.78 is 9.29. The van der Waals surface area contributed by atoms with Gasteiger partial charge in [0.05, 0.1) is 7.11 Å². The molecule has 0 saturated carbocycles. The molecule has 1 heterocycles. The average molecular weight is 173 g/mol. The van der Waals surface area contributed by atoms with E-state index in [0.717, 1.165) is 0 Å². The van der Waals surface area contributed by atoms with E-state index < -0.39 is 5.97 Å². The molecule has 0 spiro atoms. The zero-order valence-corrected chi connectivity index (χ0v) is 6.76. The van der Waals surface area contributed by atoms with E-state index in [4.69, 9.17) is 4.74 Å². The van der Waals surface area contributed by atoms with Crippen molar-refractivity contribution in [1.82, 2.24) is 4.98 Å². The van der Waals surface area contributed by atoms with E-state index in [1.165, 1.54) is 18.4 Å². The van der Waals surface area contributed by atoms with Crippen molar-refractivity contribution >= 4 is 17.3 Å². The quantitative estimate of drug-likeness (QED) is 0.631. The lowest BCUT2D eigenvalue weighted by Gasteiger charge is -1.98. The molecule has 1 aromatic rings. The zero-order chi connectivity index (χ0) is 8.10. The number of aromatic nitrogens is 1. The number of methoxy groups -OCH3 is 1. The molecule has 1 rings (SSSR count). The number of hydrogen-bond donors (Lipinski definition) is 0. The third-order valence-electron chi connectivity index (χ3n) is 0.951. The van der Waals surface area contributed by atoms with Crippen LogP contribution in [0.4, 0.5) is 0 Å². The number of nitrogens with zero attached hydrogens (tertiary/aromatic N) is 1. The molecule has 5 heteroatoms. The van der Waals surface area contributed by atoms with Crippen LogP contribution in [-0.4, -0.2) is 24.7 Å². The fourth-order valence-corrected chi connectivity index (χ4v) is 0.948. The van der Waals surface area contributed by atoms with Gasteiger partial charge in [0, 0.05) is 11.6 Å². The van der Waals surface area contributed by atoms with Gasteiger partial charge < -0.3 is 9.47 Å². The normalized spacial score (nSPS) is 9.18. The molecule has 4 nitrogen and oxygen atoms in total. The van der Waals surface area contributed by atoms with E-state index in [1.807, 2.05) is 0 Å². The molecule has 0 fully saturated rings. The van der Waals surface area contributed by atoms with Crippen LogP contribution in [0.25, 0.3) is 0 Å². The van der Waals surface area contributed by atoms with Gasteiger partial charge in [-0.3, -0.25) is 0 Å². The summed E-state index contributed by atoms with van der Waals surface area (Å²) in [5.74, 6) is -0.403. The van der Waals surface area contributed by atoms with E-state index >= 15 is 0 Å². The Balaban J connectivity index is 2.29. The fourth-order valence-electron chi connectivity index (χ4n) is 0.461. The number of ether oxygens (including phenoxy) is 2. The second-order valence-electron chi connectivity index (χ2n) is 1.66. The average Bonchev–Trinajstić information content (AvgIpc) is 2.52. The molecule has 0 bridgehead atoms. The molecule has 0 aromatic carbocycles. The highest BCUT2D eigenvalue weighted by Gasteiger charge is 2.01. The van der Waals surface area contributed by atoms with Crippen molar-refractivity contribution in [3.8, 4) is 5.19 Å². The van der Waals surface area contributed by atoms with Gasteiger partial charge >= 0.3 is 5.97 Å². The van der Waals surface area contributed by atoms with E-state index in [2.05, 4.69) is 9.72 Å². The van der Waals surface area contributed by atoms with Crippen LogP contribution in [0, 0.1) is 0 Å². The molecule has 0 amide bonds. The van der Waals surface area contributed by atoms with Crippen LogP contribution in [0.5, 0.6) is 5.19 Å². The molecule has 0 aliphatic heterocycles. The van der Waals surface area contributed by atoms with Gasteiger partial charge in [0.1, 0.15) is 0 Å². The second kappa shape index (κ2) is 3.92. The molecular weight excluding hydrogens is 166 g/mol. The third-order valence-corrected chi connectivity index (χ3v) is 1.63. The molecule has 0 aliphatic carbocycles. The first-order valence-corrected chi connectivity index (χ1v) is 3.80. The van der Waals surface area contributed by atoms with Gasteiger partial charge in [-0.2, -0.15) is 0 Å². The Labute approximate surface area is 67.8 Å². The predicted molar refractivity (Wildman–Crippen MR) is 39.6 cm³/mol. The van der Waals surface area contributed by atoms with Crippen LogP contribution in [0.1, 0.15) is 0 Å². The van der Waals surface area contributed by atoms with Crippen LogP contribution in [-0.2, 0) is 9.53 Å². The van der Waals surface area contributed by atoms with E-state index in [9.17, 15) is 4.79 Å². The predicted octanol–water partition coefficient (Wildman–Crippen LogP) is 0.695. The zero-order valence-electron chi connectivity index (χ0n) is 5.94. The molecular formula is C6H7NO3S. The van der Waals surface area contributed by atoms with E-state index in [-0.39, 0.29) is 6.61 Å². The van der Waals surface area contributed by atoms with E-state index in [1.54, 1.807) is 11.6 Å². The Hall–Kier alpha value is -1.10. The summed E-state index contributed by atoms with van der Waals surface area (Å²) in [7, 11) is 1.31. The highest BCUT2D eigenvalue weighted by Crippen LogP contribution is 2.12. The molecule has 0 atom stereocenters. The maximum Gasteiger partial charge on any atom is 0.343 e. The molecule has 11 heavy (non-hydrogen) atoms. The summed E-state index contributed by atoms with van der Waals surface area (Å²) in [6.07, 6.45) is 1.61. The summed E-state index contributed by atoms with van der Waals surface area (Å²) in [6.45, 7) is -0.0794. The van der Waals surface area contributed by atoms with Crippen LogP contribution >= 0.6 is 11.3 Å². The van der Waals surface area contributed by atoms with Crippen molar-refractivity contribution in [1.29, 1.82) is 0 Å². The highest BCUT2D eigenvalue weighted by molar-refractivity contribution is 7.11. The fraction of sp³-hybridized carbons (Fsp3) is 0.333. The van der Waals surface area contributed by atoms with Gasteiger partial charge in [-0.1, -0.05) is 11.3 Å². The Morgan fingerprint density at radius 3 is 3.18 bits per heavy atom. The van der Waals surface area contributed by atoms with Gasteiger partial charge in [0.15, 0.2) is 6.61 Å². The SMILES string of the molecule is COC(=O)COc1nccs1. The van der Waals surface area contributed by atoms with Crippen LogP contribution < -0.4 is 4.74 Å². The number of rotatable bonds is 3. The Morgan fingerprint density at radius 2 is 2.64 bits per heavy atom. The minimum atomic E-state index is -0.403. The molecule has 0 N–H and O–H groups in total. The number of thiazole rings is 1. The summed E-state index contributed by atoms with van der Waals surface area (Å²) in [4.78, 5) is 14.3. The monoisotopic (exact) mass is 173 g/mol. The topological polar surface area (TPSA) is 48.4 Å². The minimum Gasteiger partial charge on any atom is -0.466 e. The first kappa shape index (κ1) is 8.00. The first-order chi connectivity index (χ1) is 5.33. The summed E-state index contributed by atoms with van der Waals surface area (Å²) in [5, 5.41) is 2.25. The maximum atomic E-state index is 10.5. The number of esters is 1. The molecule has 0 saturated heterocycles. The van der Waals surface area contributed by atoms with Gasteiger partial charge in [-0.05, 0) is 0 Å². The highest BCUT2D eigenvalue weighted by atomic mass is 32.1. The largest absolute Gasteiger partial charge is 0.466 e. The standard InChI is InChI=1S/C6H7NO3S/c1-9-5(8)4-10-6-7-2-3-11-6/h2-3H,4H2,1H3. The lowest BCUT2D eigenvalue weighted by Crippen LogP contribution is -2.12. The van der Waals surface area contributed by atoms with Crippen molar-refractivity contribution in [2.75, 3.05) is 13.7 Å². The number of hydrogen-bond acceptors (Lipinski definition) is 5. The van der Waals surface area contributed by atoms with Crippen molar-refractivity contribution in [2.45, 2.75) is 0 Å². The van der Waals surface area contributed by atoms with E-state index in [0.29, 0.717) is 5.19 Å². The van der Waals surface area contributed by atoms with Crippen molar-refractivity contribution in [3.05, 3.63) is 11.6 Å². The Bertz CT molecular complexity index is 222. The minimum absolute atomic E-state index is 0.0794. The Kier molecular flexibility index (Phi) is 2.85. The number of carbonyl (C=O) groups is 1. The molecule has 0 radical (unpaired) electrons. The smallest absolute Gasteiger partial charge is 0.343 e. The second-order valence-corrected chi connectivity index (χ2v) is 2.52. The van der Waals surface area contributed by atoms with Gasteiger partial charge in [-0.25, -0.2) is 9.78 Å². The van der Waals surface area contributed by atoms with Gasteiger partial charge in [-0.15, -0.1) is 0 Å². The maximum absolute atomic E-state index is 10.5. The summed E-state index contributed by atoms with van der Waals surface area (Å²) in [5.41, 5.74) is 0. The first-order valence-electron chi connectivity index (χ1n) is 2.92. The van der Waals surface area contributed by atoms with Crippen LogP contribution in [0.3, 0.4) is 0 Å². The van der Waals surface area contributed by atoms with Crippen molar-refractivity contribution in [3.63, 3.8) is 0 Å². The Morgan fingerprint density at radius 1 is 1.82 bits per heavy atom. The molecule has 60 valence electrons. The van der Waals surface area contributed by atoms with Gasteiger partial charge in [0.25, 0.3) is 5.19 Å². The van der Waals surface area contributed by atoms with Crippen molar-refractivity contribution in [2.24, 2.45) is 0 Å². The third kappa shape index (κ3) is 2.55.